The van der Waals surface area contributed by atoms with E-state index in [0.717, 1.165) is 44.5 Å². The van der Waals surface area contributed by atoms with E-state index in [4.69, 9.17) is 15.0 Å². The predicted molar refractivity (Wildman–Crippen MR) is 222 cm³/mol. The molecular weight excluding hydrogens is 669 g/mol. The highest BCUT2D eigenvalue weighted by Gasteiger charge is 2.46. The summed E-state index contributed by atoms with van der Waals surface area (Å²) in [5.41, 5.74) is 14.0. The molecule has 0 aliphatic heterocycles. The molecule has 0 spiro atoms. The van der Waals surface area contributed by atoms with E-state index in [-0.39, 0.29) is 0 Å². The van der Waals surface area contributed by atoms with Crippen LogP contribution in [-0.4, -0.2) is 19.9 Å². The fourth-order valence-electron chi connectivity index (χ4n) is 8.21. The predicted octanol–water partition coefficient (Wildman–Crippen LogP) is 12.0. The molecule has 0 saturated heterocycles. The molecule has 55 heavy (non-hydrogen) atoms. The van der Waals surface area contributed by atoms with Crippen LogP contribution in [0.3, 0.4) is 0 Å². The minimum absolute atomic E-state index is 0.603. The Morgan fingerprint density at radius 3 is 1.29 bits per heavy atom. The molecule has 2 heterocycles. The number of rotatable bonds is 7. The van der Waals surface area contributed by atoms with Crippen LogP contribution in [0.25, 0.3) is 67.5 Å². The molecule has 258 valence electrons. The van der Waals surface area contributed by atoms with Gasteiger partial charge in [0.1, 0.15) is 0 Å². The Morgan fingerprint density at radius 1 is 0.291 bits per heavy atom. The van der Waals surface area contributed by atoms with Crippen molar-refractivity contribution >= 4 is 0 Å². The van der Waals surface area contributed by atoms with E-state index < -0.39 is 5.41 Å². The molecule has 0 atom stereocenters. The van der Waals surface area contributed by atoms with E-state index in [9.17, 15) is 0 Å². The van der Waals surface area contributed by atoms with Crippen LogP contribution in [0.4, 0.5) is 0 Å². The summed E-state index contributed by atoms with van der Waals surface area (Å²) >= 11 is 0. The molecular formula is C51H34N4. The number of benzene rings is 7. The Balaban J connectivity index is 1.19. The summed E-state index contributed by atoms with van der Waals surface area (Å²) < 4.78 is 0. The van der Waals surface area contributed by atoms with Gasteiger partial charge in [-0.05, 0) is 86.0 Å². The minimum Gasteiger partial charge on any atom is -0.265 e. The van der Waals surface area contributed by atoms with Gasteiger partial charge in [0.25, 0.3) is 0 Å². The Morgan fingerprint density at radius 2 is 0.691 bits per heavy atom. The van der Waals surface area contributed by atoms with E-state index in [2.05, 4.69) is 175 Å². The molecule has 0 unspecified atom stereocenters. The maximum absolute atomic E-state index is 5.21. The first-order chi connectivity index (χ1) is 27.3. The summed E-state index contributed by atoms with van der Waals surface area (Å²) in [5.74, 6) is 1.88. The zero-order valence-corrected chi connectivity index (χ0v) is 29.9. The number of hydrogen-bond donors (Lipinski definition) is 0. The molecule has 1 aliphatic rings. The zero-order chi connectivity index (χ0) is 36.6. The highest BCUT2D eigenvalue weighted by molar-refractivity contribution is 5.87. The van der Waals surface area contributed by atoms with Gasteiger partial charge in [0, 0.05) is 29.1 Å². The number of pyridine rings is 1. The second-order valence-corrected chi connectivity index (χ2v) is 13.9. The van der Waals surface area contributed by atoms with E-state index >= 15 is 0 Å². The number of nitrogens with zero attached hydrogens (tertiary/aromatic N) is 4. The lowest BCUT2D eigenvalue weighted by Crippen LogP contribution is -2.28. The van der Waals surface area contributed by atoms with Crippen LogP contribution in [0.1, 0.15) is 22.3 Å². The van der Waals surface area contributed by atoms with Crippen molar-refractivity contribution in [2.75, 3.05) is 0 Å². The van der Waals surface area contributed by atoms with Crippen molar-refractivity contribution in [1.82, 2.24) is 19.9 Å². The standard InChI is InChI=1S/C51H34N4/c1-3-14-35(15-4-1)38-18-11-20-40(32-38)49-53-48(37-16-5-2-6-17-37)54-50(55-49)41-21-13-23-43(34-41)51(42-22-12-19-39(33-42)36-28-30-52-31-29-36)46-26-9-7-24-44(46)45-25-8-10-27-47(45)51/h1-34H. The van der Waals surface area contributed by atoms with Crippen molar-refractivity contribution in [2.45, 2.75) is 5.41 Å². The first-order valence-electron chi connectivity index (χ1n) is 18.5. The Labute approximate surface area is 320 Å². The Bertz CT molecular complexity index is 2770. The second kappa shape index (κ2) is 13.6. The van der Waals surface area contributed by atoms with Crippen LogP contribution in [0.2, 0.25) is 0 Å². The normalized spacial score (nSPS) is 12.5. The largest absolute Gasteiger partial charge is 0.265 e. The minimum atomic E-state index is -0.603. The van der Waals surface area contributed by atoms with Crippen LogP contribution < -0.4 is 0 Å². The third-order valence-corrected chi connectivity index (χ3v) is 10.7. The second-order valence-electron chi connectivity index (χ2n) is 13.9. The van der Waals surface area contributed by atoms with Crippen LogP contribution in [0.15, 0.2) is 207 Å². The zero-order valence-electron chi connectivity index (χ0n) is 29.9. The topological polar surface area (TPSA) is 51.6 Å². The summed E-state index contributed by atoms with van der Waals surface area (Å²) in [6.07, 6.45) is 3.71. The fraction of sp³-hybridized carbons (Fsp3) is 0.0196. The Hall–Kier alpha value is -7.30. The first kappa shape index (κ1) is 32.4. The lowest BCUT2D eigenvalue weighted by atomic mass is 9.67. The van der Waals surface area contributed by atoms with Gasteiger partial charge in [-0.15, -0.1) is 0 Å². The van der Waals surface area contributed by atoms with Gasteiger partial charge in [-0.3, -0.25) is 4.98 Å². The molecule has 4 nitrogen and oxygen atoms in total. The van der Waals surface area contributed by atoms with Crippen LogP contribution >= 0.6 is 0 Å². The number of aromatic nitrogens is 4. The van der Waals surface area contributed by atoms with Gasteiger partial charge < -0.3 is 0 Å². The molecule has 10 rings (SSSR count). The highest BCUT2D eigenvalue weighted by Crippen LogP contribution is 2.56. The monoisotopic (exact) mass is 702 g/mol. The van der Waals surface area contributed by atoms with Crippen molar-refractivity contribution in [3.63, 3.8) is 0 Å². The molecule has 9 aromatic rings. The van der Waals surface area contributed by atoms with Gasteiger partial charge in [0.2, 0.25) is 0 Å². The summed E-state index contributed by atoms with van der Waals surface area (Å²) in [6.45, 7) is 0. The SMILES string of the molecule is c1ccc(-c2cccc(-c3nc(-c4ccccc4)nc(-c4cccc(C5(c6cccc(-c7ccncc7)c6)c6ccccc6-c6ccccc65)c4)n3)c2)cc1. The summed E-state index contributed by atoms with van der Waals surface area (Å²) in [7, 11) is 0. The first-order valence-corrected chi connectivity index (χ1v) is 18.5. The summed E-state index contributed by atoms with van der Waals surface area (Å²) in [6, 6.07) is 68.6. The molecule has 0 radical (unpaired) electrons. The maximum Gasteiger partial charge on any atom is 0.164 e. The van der Waals surface area contributed by atoms with Crippen LogP contribution in [-0.2, 0) is 5.41 Å². The number of fused-ring (bicyclic) bond motifs is 3. The highest BCUT2D eigenvalue weighted by atomic mass is 15.0. The van der Waals surface area contributed by atoms with E-state index in [0.29, 0.717) is 17.5 Å². The van der Waals surface area contributed by atoms with Crippen molar-refractivity contribution < 1.29 is 0 Å². The molecule has 2 aromatic heterocycles. The van der Waals surface area contributed by atoms with Crippen molar-refractivity contribution in [2.24, 2.45) is 0 Å². The van der Waals surface area contributed by atoms with E-state index in [1.807, 2.05) is 36.7 Å². The molecule has 0 N–H and O–H groups in total. The van der Waals surface area contributed by atoms with Gasteiger partial charge in [-0.25, -0.2) is 15.0 Å². The van der Waals surface area contributed by atoms with Crippen molar-refractivity contribution in [3.8, 4) is 67.5 Å². The van der Waals surface area contributed by atoms with Gasteiger partial charge in [-0.2, -0.15) is 0 Å². The average Bonchev–Trinajstić information content (AvgIpc) is 3.58. The Kier molecular flexibility index (Phi) is 8.00. The van der Waals surface area contributed by atoms with E-state index in [1.54, 1.807) is 0 Å². The number of hydrogen-bond acceptors (Lipinski definition) is 4. The molecule has 0 bridgehead atoms. The summed E-state index contributed by atoms with van der Waals surface area (Å²) in [5, 5.41) is 0. The van der Waals surface area contributed by atoms with Gasteiger partial charge in [0.05, 0.1) is 5.41 Å². The quantitative estimate of drug-likeness (QED) is 0.166. The molecule has 0 amide bonds. The fourth-order valence-corrected chi connectivity index (χ4v) is 8.21. The third kappa shape index (κ3) is 5.63. The van der Waals surface area contributed by atoms with Crippen molar-refractivity contribution in [1.29, 1.82) is 0 Å². The third-order valence-electron chi connectivity index (χ3n) is 10.7. The van der Waals surface area contributed by atoms with E-state index in [1.165, 1.54) is 27.8 Å². The van der Waals surface area contributed by atoms with Crippen LogP contribution in [0.5, 0.6) is 0 Å². The molecule has 1 aliphatic carbocycles. The molecule has 0 fully saturated rings. The molecule has 4 heteroatoms. The molecule has 7 aromatic carbocycles. The maximum atomic E-state index is 5.21. The van der Waals surface area contributed by atoms with Gasteiger partial charge in [-0.1, -0.05) is 164 Å². The molecule has 0 saturated carbocycles. The summed E-state index contributed by atoms with van der Waals surface area (Å²) in [4.78, 5) is 19.7. The van der Waals surface area contributed by atoms with Gasteiger partial charge >= 0.3 is 0 Å². The van der Waals surface area contributed by atoms with Crippen LogP contribution in [0, 0.1) is 0 Å². The smallest absolute Gasteiger partial charge is 0.164 e. The van der Waals surface area contributed by atoms with Crippen molar-refractivity contribution in [3.05, 3.63) is 229 Å². The van der Waals surface area contributed by atoms with Gasteiger partial charge in [0.15, 0.2) is 17.5 Å². The lowest BCUT2D eigenvalue weighted by Gasteiger charge is -2.34. The average molecular weight is 703 g/mol. The lowest BCUT2D eigenvalue weighted by molar-refractivity contribution is 0.769.